The van der Waals surface area contributed by atoms with E-state index < -0.39 is 18.8 Å². The minimum absolute atomic E-state index is 0.0395. The molecular weight excluding hydrogens is 305 g/mol. The molecule has 1 atom stereocenters. The highest BCUT2D eigenvalue weighted by Gasteiger charge is 2.30. The van der Waals surface area contributed by atoms with E-state index in [1.165, 1.54) is 6.20 Å². The van der Waals surface area contributed by atoms with E-state index >= 15 is 0 Å². The monoisotopic (exact) mass is 322 g/mol. The maximum absolute atomic E-state index is 12.2. The van der Waals surface area contributed by atoms with Gasteiger partial charge in [0.25, 0.3) is 0 Å². The van der Waals surface area contributed by atoms with Crippen LogP contribution < -0.4 is 10.6 Å². The predicted octanol–water partition coefficient (Wildman–Crippen LogP) is 2.85. The van der Waals surface area contributed by atoms with Gasteiger partial charge in [-0.15, -0.1) is 0 Å². The Bertz CT molecular complexity index is 497. The summed E-state index contributed by atoms with van der Waals surface area (Å²) in [6.07, 6.45) is 0.187. The summed E-state index contributed by atoms with van der Waals surface area (Å²) >= 11 is 1.82. The van der Waals surface area contributed by atoms with Crippen LogP contribution in [0, 0.1) is 0 Å². The fourth-order valence-electron chi connectivity index (χ4n) is 2.12. The summed E-state index contributed by atoms with van der Waals surface area (Å²) in [6, 6.07) is -0.435. The van der Waals surface area contributed by atoms with Crippen LogP contribution in [-0.2, 0) is 6.54 Å². The van der Waals surface area contributed by atoms with Crippen LogP contribution >= 0.6 is 11.8 Å². The van der Waals surface area contributed by atoms with Crippen molar-refractivity contribution in [3.63, 3.8) is 0 Å². The lowest BCUT2D eigenvalue weighted by molar-refractivity contribution is -0.142. The summed E-state index contributed by atoms with van der Waals surface area (Å²) in [5.41, 5.74) is 0.237. The molecule has 0 radical (unpaired) electrons. The lowest BCUT2D eigenvalue weighted by atomic mass is 10.1. The number of hydrogen-bond donors (Lipinski definition) is 2. The highest BCUT2D eigenvalue weighted by Crippen LogP contribution is 2.36. The number of carbonyl (C=O) groups excluding carboxylic acids is 1. The second kappa shape index (κ2) is 6.17. The lowest BCUT2D eigenvalue weighted by Gasteiger charge is -2.22. The molecule has 1 unspecified atom stereocenters. The summed E-state index contributed by atoms with van der Waals surface area (Å²) in [5, 5.41) is 8.78. The Morgan fingerprint density at radius 1 is 1.57 bits per heavy atom. The molecule has 1 saturated heterocycles. The molecule has 21 heavy (non-hydrogen) atoms. The molecule has 0 saturated carbocycles. The minimum Gasteiger partial charge on any atom is -0.336 e. The Labute approximate surface area is 124 Å². The number of thioether (sulfide) groups is 1. The van der Waals surface area contributed by atoms with Crippen LogP contribution in [0.25, 0.3) is 0 Å². The van der Waals surface area contributed by atoms with Gasteiger partial charge in [-0.25, -0.2) is 4.79 Å². The summed E-state index contributed by atoms with van der Waals surface area (Å²) in [4.78, 5) is 11.7. The number of halogens is 3. The molecule has 0 aromatic carbocycles. The normalized spacial score (nSPS) is 22.3. The van der Waals surface area contributed by atoms with Crippen LogP contribution in [0.15, 0.2) is 12.4 Å². The van der Waals surface area contributed by atoms with E-state index in [9.17, 15) is 18.0 Å². The SMILES string of the molecule is CC1(CNC(=O)Nc2cnn(CC(F)(F)F)c2)CCCS1. The first-order chi connectivity index (χ1) is 9.76. The molecule has 1 aliphatic heterocycles. The van der Waals surface area contributed by atoms with Gasteiger partial charge in [0.05, 0.1) is 11.9 Å². The third-order valence-electron chi connectivity index (χ3n) is 3.16. The van der Waals surface area contributed by atoms with Crippen LogP contribution in [0.1, 0.15) is 19.8 Å². The Kier molecular flexibility index (Phi) is 4.70. The van der Waals surface area contributed by atoms with Crippen molar-refractivity contribution in [3.8, 4) is 0 Å². The van der Waals surface area contributed by atoms with E-state index in [1.54, 1.807) is 0 Å². The Morgan fingerprint density at radius 2 is 2.33 bits per heavy atom. The molecule has 118 valence electrons. The topological polar surface area (TPSA) is 59.0 Å². The summed E-state index contributed by atoms with van der Waals surface area (Å²) in [7, 11) is 0. The van der Waals surface area contributed by atoms with Gasteiger partial charge >= 0.3 is 12.2 Å². The highest BCUT2D eigenvalue weighted by molar-refractivity contribution is 8.00. The van der Waals surface area contributed by atoms with Gasteiger partial charge in [0.15, 0.2) is 0 Å². The second-order valence-corrected chi connectivity index (χ2v) is 6.93. The van der Waals surface area contributed by atoms with Crippen molar-refractivity contribution in [1.82, 2.24) is 15.1 Å². The lowest BCUT2D eigenvalue weighted by Crippen LogP contribution is -2.39. The number of alkyl halides is 3. The number of nitrogens with one attached hydrogen (secondary N) is 2. The molecule has 9 heteroatoms. The zero-order chi connectivity index (χ0) is 15.5. The van der Waals surface area contributed by atoms with E-state index in [4.69, 9.17) is 0 Å². The van der Waals surface area contributed by atoms with Crippen molar-refractivity contribution in [2.75, 3.05) is 17.6 Å². The van der Waals surface area contributed by atoms with Crippen LogP contribution in [0.5, 0.6) is 0 Å². The number of urea groups is 1. The molecule has 2 amide bonds. The maximum Gasteiger partial charge on any atom is 0.408 e. The van der Waals surface area contributed by atoms with Crippen molar-refractivity contribution in [2.24, 2.45) is 0 Å². The quantitative estimate of drug-likeness (QED) is 0.896. The van der Waals surface area contributed by atoms with Crippen LogP contribution in [-0.4, -0.2) is 39.0 Å². The third kappa shape index (κ3) is 5.14. The van der Waals surface area contributed by atoms with Gasteiger partial charge in [-0.1, -0.05) is 0 Å². The zero-order valence-electron chi connectivity index (χ0n) is 11.5. The molecule has 2 heterocycles. The highest BCUT2D eigenvalue weighted by atomic mass is 32.2. The molecule has 1 aromatic heterocycles. The van der Waals surface area contributed by atoms with E-state index in [0.717, 1.165) is 29.5 Å². The predicted molar refractivity (Wildman–Crippen MR) is 75.4 cm³/mol. The molecule has 2 rings (SSSR count). The van der Waals surface area contributed by atoms with Gasteiger partial charge in [0.1, 0.15) is 6.54 Å². The molecule has 0 bridgehead atoms. The van der Waals surface area contributed by atoms with E-state index in [-0.39, 0.29) is 10.4 Å². The largest absolute Gasteiger partial charge is 0.408 e. The molecule has 1 aliphatic rings. The number of amides is 2. The second-order valence-electron chi connectivity index (χ2n) is 5.25. The fourth-order valence-corrected chi connectivity index (χ4v) is 3.36. The van der Waals surface area contributed by atoms with Gasteiger partial charge in [0.2, 0.25) is 0 Å². The van der Waals surface area contributed by atoms with E-state index in [1.807, 2.05) is 11.8 Å². The number of aromatic nitrogens is 2. The minimum atomic E-state index is -4.33. The molecular formula is C12H17F3N4OS. The Balaban J connectivity index is 1.80. The van der Waals surface area contributed by atoms with Gasteiger partial charge < -0.3 is 10.6 Å². The summed E-state index contributed by atoms with van der Waals surface area (Å²) in [5.74, 6) is 1.09. The standard InChI is InChI=1S/C12H17F3N4OS/c1-11(3-2-4-21-11)7-16-10(20)18-9-5-17-19(6-9)8-12(13,14)15/h5-6H,2-4,7-8H2,1H3,(H2,16,18,20). The molecule has 5 nitrogen and oxygen atoms in total. The molecule has 1 fully saturated rings. The van der Waals surface area contributed by atoms with Crippen molar-refractivity contribution in [1.29, 1.82) is 0 Å². The van der Waals surface area contributed by atoms with Crippen LogP contribution in [0.2, 0.25) is 0 Å². The maximum atomic E-state index is 12.2. The average Bonchev–Trinajstić information content (AvgIpc) is 2.95. The van der Waals surface area contributed by atoms with Crippen molar-refractivity contribution in [3.05, 3.63) is 12.4 Å². The molecule has 1 aromatic rings. The number of hydrogen-bond acceptors (Lipinski definition) is 3. The average molecular weight is 322 g/mol. The van der Waals surface area contributed by atoms with Crippen LogP contribution in [0.3, 0.4) is 0 Å². The molecule has 2 N–H and O–H groups in total. The summed E-state index contributed by atoms with van der Waals surface area (Å²) < 4.78 is 37.3. The Hall–Kier alpha value is -1.38. The smallest absolute Gasteiger partial charge is 0.336 e. The van der Waals surface area contributed by atoms with E-state index in [0.29, 0.717) is 6.54 Å². The molecule has 0 aliphatic carbocycles. The first kappa shape index (κ1) is 16.0. The van der Waals surface area contributed by atoms with Crippen molar-refractivity contribution < 1.29 is 18.0 Å². The van der Waals surface area contributed by atoms with Gasteiger partial charge in [-0.2, -0.15) is 30.0 Å². The van der Waals surface area contributed by atoms with Crippen molar-refractivity contribution >= 4 is 23.5 Å². The van der Waals surface area contributed by atoms with Gasteiger partial charge in [-0.3, -0.25) is 4.68 Å². The van der Waals surface area contributed by atoms with E-state index in [2.05, 4.69) is 22.7 Å². The van der Waals surface area contributed by atoms with Gasteiger partial charge in [0, 0.05) is 17.5 Å². The zero-order valence-corrected chi connectivity index (χ0v) is 12.4. The third-order valence-corrected chi connectivity index (χ3v) is 4.69. The van der Waals surface area contributed by atoms with Crippen molar-refractivity contribution in [2.45, 2.75) is 37.2 Å². The summed E-state index contributed by atoms with van der Waals surface area (Å²) in [6.45, 7) is 1.44. The number of carbonyl (C=O) groups is 1. The van der Waals surface area contributed by atoms with Gasteiger partial charge in [-0.05, 0) is 25.5 Å². The number of anilines is 1. The number of rotatable bonds is 4. The molecule has 0 spiro atoms. The number of nitrogens with zero attached hydrogens (tertiary/aromatic N) is 2. The fraction of sp³-hybridized carbons (Fsp3) is 0.667. The first-order valence-corrected chi connectivity index (χ1v) is 7.52. The van der Waals surface area contributed by atoms with Crippen LogP contribution in [0.4, 0.5) is 23.7 Å². The Morgan fingerprint density at radius 3 is 2.95 bits per heavy atom. The first-order valence-electron chi connectivity index (χ1n) is 6.54.